The highest BCUT2D eigenvalue weighted by molar-refractivity contribution is 5.83. The van der Waals surface area contributed by atoms with Crippen LogP contribution in [-0.2, 0) is 16.0 Å². The maximum atomic E-state index is 11.8. The highest BCUT2D eigenvalue weighted by Crippen LogP contribution is 2.14. The number of ether oxygens (including phenoxy) is 1. The number of benzene rings is 1. The summed E-state index contributed by atoms with van der Waals surface area (Å²) in [7, 11) is 1.59. The number of carboxylic acid groups (broad SMARTS) is 1. The van der Waals surface area contributed by atoms with Gasteiger partial charge in [-0.1, -0.05) is 26.0 Å². The predicted molar refractivity (Wildman–Crippen MR) is 75.7 cm³/mol. The first-order chi connectivity index (χ1) is 9.43. The van der Waals surface area contributed by atoms with Crippen LogP contribution in [0.2, 0.25) is 0 Å². The van der Waals surface area contributed by atoms with Crippen LogP contribution < -0.4 is 10.1 Å². The average molecular weight is 279 g/mol. The van der Waals surface area contributed by atoms with Crippen LogP contribution in [0.25, 0.3) is 0 Å². The van der Waals surface area contributed by atoms with Gasteiger partial charge in [0.2, 0.25) is 5.91 Å². The highest BCUT2D eigenvalue weighted by Gasteiger charge is 2.22. The molecule has 0 spiro atoms. The van der Waals surface area contributed by atoms with E-state index in [1.54, 1.807) is 21.0 Å². The molecule has 1 aromatic rings. The molecule has 0 aromatic heterocycles. The summed E-state index contributed by atoms with van der Waals surface area (Å²) in [5.41, 5.74) is 0.982. The number of amides is 1. The van der Waals surface area contributed by atoms with Gasteiger partial charge in [-0.2, -0.15) is 0 Å². The highest BCUT2D eigenvalue weighted by atomic mass is 16.5. The van der Waals surface area contributed by atoms with Gasteiger partial charge in [0.25, 0.3) is 0 Å². The molecular formula is C15H21NO4. The molecule has 0 aliphatic carbocycles. The molecule has 0 aliphatic rings. The molecule has 2 N–H and O–H groups in total. The van der Waals surface area contributed by atoms with Crippen LogP contribution in [0, 0.1) is 5.92 Å². The third kappa shape index (κ3) is 4.91. The molecule has 1 rings (SSSR count). The topological polar surface area (TPSA) is 75.6 Å². The van der Waals surface area contributed by atoms with Gasteiger partial charge >= 0.3 is 5.97 Å². The molecule has 1 aromatic carbocycles. The smallest absolute Gasteiger partial charge is 0.326 e. The fourth-order valence-electron chi connectivity index (χ4n) is 1.85. The van der Waals surface area contributed by atoms with E-state index in [9.17, 15) is 9.59 Å². The minimum Gasteiger partial charge on any atom is -0.497 e. The van der Waals surface area contributed by atoms with E-state index in [1.165, 1.54) is 0 Å². The first kappa shape index (κ1) is 16.0. The van der Waals surface area contributed by atoms with Crippen LogP contribution in [0.3, 0.4) is 0 Å². The lowest BCUT2D eigenvalue weighted by atomic mass is 10.0. The van der Waals surface area contributed by atoms with Gasteiger partial charge in [0.15, 0.2) is 0 Å². The molecule has 0 radical (unpaired) electrons. The number of carbonyl (C=O) groups excluding carboxylic acids is 1. The largest absolute Gasteiger partial charge is 0.497 e. The van der Waals surface area contributed by atoms with Gasteiger partial charge in [-0.25, -0.2) is 4.79 Å². The Bertz CT molecular complexity index is 471. The summed E-state index contributed by atoms with van der Waals surface area (Å²) in [6.07, 6.45) is 0.803. The summed E-state index contributed by atoms with van der Waals surface area (Å²) in [6, 6.07) is 6.63. The van der Waals surface area contributed by atoms with Crippen LogP contribution in [0.4, 0.5) is 0 Å². The minimum absolute atomic E-state index is 0.145. The molecule has 0 fully saturated rings. The van der Waals surface area contributed by atoms with Crippen LogP contribution in [-0.4, -0.2) is 30.1 Å². The van der Waals surface area contributed by atoms with Gasteiger partial charge in [0, 0.05) is 6.42 Å². The van der Waals surface area contributed by atoms with E-state index in [4.69, 9.17) is 9.84 Å². The second-order valence-electron chi connectivity index (χ2n) is 4.98. The molecule has 0 aliphatic heterocycles. The zero-order valence-corrected chi connectivity index (χ0v) is 12.1. The van der Waals surface area contributed by atoms with Gasteiger partial charge in [-0.3, -0.25) is 4.79 Å². The molecule has 0 unspecified atom stereocenters. The predicted octanol–water partition coefficient (Wildman–Crippen LogP) is 1.85. The lowest BCUT2D eigenvalue weighted by Gasteiger charge is -2.17. The van der Waals surface area contributed by atoms with Crippen molar-refractivity contribution in [2.75, 3.05) is 7.11 Å². The van der Waals surface area contributed by atoms with E-state index in [-0.39, 0.29) is 18.2 Å². The average Bonchev–Trinajstić information content (AvgIpc) is 2.42. The van der Waals surface area contributed by atoms with Crippen molar-refractivity contribution in [3.8, 4) is 5.75 Å². The third-order valence-corrected chi connectivity index (χ3v) is 3.02. The van der Waals surface area contributed by atoms with Crippen LogP contribution in [0.15, 0.2) is 24.3 Å². The standard InChI is InChI=1S/C15H21NO4/c1-10(2)14(15(18)19)16-13(17)8-7-11-5-4-6-12(9-11)20-3/h4-6,9-10,14H,7-8H2,1-3H3,(H,16,17)(H,18,19)/t14-/m0/s1. The number of carbonyl (C=O) groups is 2. The van der Waals surface area contributed by atoms with E-state index >= 15 is 0 Å². The Kier molecular flexibility index (Phi) is 6.03. The summed E-state index contributed by atoms with van der Waals surface area (Å²) < 4.78 is 5.11. The summed E-state index contributed by atoms with van der Waals surface area (Å²) in [5, 5.41) is 11.6. The molecule has 20 heavy (non-hydrogen) atoms. The Labute approximate surface area is 118 Å². The van der Waals surface area contributed by atoms with Crippen molar-refractivity contribution >= 4 is 11.9 Å². The van der Waals surface area contributed by atoms with Crippen LogP contribution in [0.5, 0.6) is 5.75 Å². The maximum Gasteiger partial charge on any atom is 0.326 e. The zero-order chi connectivity index (χ0) is 15.1. The molecule has 110 valence electrons. The lowest BCUT2D eigenvalue weighted by Crippen LogP contribution is -2.44. The van der Waals surface area contributed by atoms with E-state index in [0.717, 1.165) is 11.3 Å². The van der Waals surface area contributed by atoms with Gasteiger partial charge in [-0.05, 0) is 30.0 Å². The fourth-order valence-corrected chi connectivity index (χ4v) is 1.85. The summed E-state index contributed by atoms with van der Waals surface area (Å²) >= 11 is 0. The van der Waals surface area contributed by atoms with Crippen molar-refractivity contribution in [1.82, 2.24) is 5.32 Å². The number of aliphatic carboxylic acids is 1. The molecule has 5 nitrogen and oxygen atoms in total. The van der Waals surface area contributed by atoms with Gasteiger partial charge in [0.1, 0.15) is 11.8 Å². The molecule has 0 saturated carbocycles. The number of carboxylic acids is 1. The summed E-state index contributed by atoms with van der Waals surface area (Å²) in [6.45, 7) is 3.53. The number of hydrogen-bond donors (Lipinski definition) is 2. The van der Waals surface area contributed by atoms with Gasteiger partial charge in [-0.15, -0.1) is 0 Å². The second kappa shape index (κ2) is 7.53. The number of nitrogens with one attached hydrogen (secondary N) is 1. The van der Waals surface area contributed by atoms with E-state index in [1.807, 2.05) is 24.3 Å². The summed E-state index contributed by atoms with van der Waals surface area (Å²) in [5.74, 6) is -0.662. The first-order valence-electron chi connectivity index (χ1n) is 6.59. The number of methoxy groups -OCH3 is 1. The van der Waals surface area contributed by atoms with E-state index in [0.29, 0.717) is 6.42 Å². The van der Waals surface area contributed by atoms with E-state index in [2.05, 4.69) is 5.32 Å². The Morgan fingerprint density at radius 2 is 2.05 bits per heavy atom. The maximum absolute atomic E-state index is 11.8. The quantitative estimate of drug-likeness (QED) is 0.798. The van der Waals surface area contributed by atoms with Crippen molar-refractivity contribution in [2.45, 2.75) is 32.7 Å². The molecule has 0 heterocycles. The van der Waals surface area contributed by atoms with Gasteiger partial charge < -0.3 is 15.2 Å². The minimum atomic E-state index is -1.00. The van der Waals surface area contributed by atoms with Crippen molar-refractivity contribution in [1.29, 1.82) is 0 Å². The monoisotopic (exact) mass is 279 g/mol. The van der Waals surface area contributed by atoms with Crippen molar-refractivity contribution < 1.29 is 19.4 Å². The zero-order valence-electron chi connectivity index (χ0n) is 12.1. The van der Waals surface area contributed by atoms with Crippen LogP contribution >= 0.6 is 0 Å². The first-order valence-corrected chi connectivity index (χ1v) is 6.59. The molecule has 1 atom stereocenters. The third-order valence-electron chi connectivity index (χ3n) is 3.02. The van der Waals surface area contributed by atoms with Crippen molar-refractivity contribution in [3.63, 3.8) is 0 Å². The molecule has 5 heteroatoms. The van der Waals surface area contributed by atoms with E-state index < -0.39 is 12.0 Å². The molecular weight excluding hydrogens is 258 g/mol. The number of rotatable bonds is 7. The fraction of sp³-hybridized carbons (Fsp3) is 0.467. The Morgan fingerprint density at radius 1 is 1.35 bits per heavy atom. The normalized spacial score (nSPS) is 12.0. The number of hydrogen-bond acceptors (Lipinski definition) is 3. The van der Waals surface area contributed by atoms with Gasteiger partial charge in [0.05, 0.1) is 7.11 Å². The molecule has 0 saturated heterocycles. The molecule has 0 bridgehead atoms. The Morgan fingerprint density at radius 3 is 2.60 bits per heavy atom. The van der Waals surface area contributed by atoms with Crippen LogP contribution in [0.1, 0.15) is 25.8 Å². The van der Waals surface area contributed by atoms with Crippen molar-refractivity contribution in [2.24, 2.45) is 5.92 Å². The second-order valence-corrected chi connectivity index (χ2v) is 4.98. The molecule has 1 amide bonds. The Hall–Kier alpha value is -2.04. The SMILES string of the molecule is COc1cccc(CCC(=O)N[C@H](C(=O)O)C(C)C)c1. The lowest BCUT2D eigenvalue weighted by molar-refractivity contribution is -0.143. The Balaban J connectivity index is 2.52. The van der Waals surface area contributed by atoms with Crippen molar-refractivity contribution in [3.05, 3.63) is 29.8 Å². The number of aryl methyl sites for hydroxylation is 1. The summed E-state index contributed by atoms with van der Waals surface area (Å²) in [4.78, 5) is 22.8.